The maximum Gasteiger partial charge on any atom is 0.250 e. The number of carbonyl (C=O) groups is 1. The van der Waals surface area contributed by atoms with Crippen LogP contribution in [0.4, 0.5) is 5.13 Å². The molecule has 3 rings (SSSR count). The van der Waals surface area contributed by atoms with Crippen molar-refractivity contribution in [2.75, 3.05) is 5.32 Å². The molecule has 0 atom stereocenters. The van der Waals surface area contributed by atoms with Crippen LogP contribution in [0.2, 0.25) is 5.02 Å². The highest BCUT2D eigenvalue weighted by atomic mass is 35.5. The van der Waals surface area contributed by atoms with E-state index in [0.717, 1.165) is 20.0 Å². The molecule has 0 unspecified atom stereocenters. The van der Waals surface area contributed by atoms with E-state index in [1.165, 1.54) is 17.4 Å². The summed E-state index contributed by atoms with van der Waals surface area (Å²) in [6.07, 6.45) is 3.17. The lowest BCUT2D eigenvalue weighted by Gasteiger charge is -1.94. The van der Waals surface area contributed by atoms with Crippen LogP contribution in [0.3, 0.4) is 0 Å². The highest BCUT2D eigenvalue weighted by molar-refractivity contribution is 7.20. The number of carbonyl (C=O) groups excluding carboxylic acids is 1. The number of nitrogens with one attached hydrogen (secondary N) is 1. The van der Waals surface area contributed by atoms with Gasteiger partial charge in [0.2, 0.25) is 11.0 Å². The van der Waals surface area contributed by atoms with Gasteiger partial charge in [-0.25, -0.2) is 0 Å². The van der Waals surface area contributed by atoms with Gasteiger partial charge in [0.25, 0.3) is 0 Å². The van der Waals surface area contributed by atoms with Crippen LogP contribution < -0.4 is 5.32 Å². The zero-order valence-corrected chi connectivity index (χ0v) is 13.4. The fourth-order valence-corrected chi connectivity index (χ4v) is 3.78. The fraction of sp³-hybridized carbons (Fsp3) is 0.0714. The Morgan fingerprint density at radius 2 is 2.10 bits per heavy atom. The summed E-state index contributed by atoms with van der Waals surface area (Å²) in [4.78, 5) is 12.7. The number of thiophene rings is 1. The van der Waals surface area contributed by atoms with Gasteiger partial charge in [-0.15, -0.1) is 21.5 Å². The largest absolute Gasteiger partial charge is 0.297 e. The van der Waals surface area contributed by atoms with Gasteiger partial charge in [-0.1, -0.05) is 41.1 Å². The van der Waals surface area contributed by atoms with Crippen LogP contribution in [0.1, 0.15) is 9.88 Å². The third-order valence-electron chi connectivity index (χ3n) is 2.70. The Morgan fingerprint density at radius 3 is 2.81 bits per heavy atom. The van der Waals surface area contributed by atoms with Crippen LogP contribution in [0.5, 0.6) is 0 Å². The van der Waals surface area contributed by atoms with E-state index in [0.29, 0.717) is 10.2 Å². The Hall–Kier alpha value is -1.76. The van der Waals surface area contributed by atoms with Gasteiger partial charge in [-0.05, 0) is 19.1 Å². The van der Waals surface area contributed by atoms with Crippen LogP contribution in [-0.2, 0) is 4.79 Å². The van der Waals surface area contributed by atoms with Crippen LogP contribution in [0, 0.1) is 6.92 Å². The molecule has 7 heteroatoms. The van der Waals surface area contributed by atoms with Crippen LogP contribution >= 0.6 is 34.3 Å². The third-order valence-corrected chi connectivity index (χ3v) is 5.11. The second-order valence-corrected chi connectivity index (χ2v) is 6.87. The van der Waals surface area contributed by atoms with Gasteiger partial charge < -0.3 is 0 Å². The van der Waals surface area contributed by atoms with E-state index in [-0.39, 0.29) is 5.91 Å². The van der Waals surface area contributed by atoms with Gasteiger partial charge in [0.15, 0.2) is 0 Å². The van der Waals surface area contributed by atoms with E-state index in [1.807, 2.05) is 31.2 Å². The quantitative estimate of drug-likeness (QED) is 0.723. The van der Waals surface area contributed by atoms with E-state index < -0.39 is 0 Å². The summed E-state index contributed by atoms with van der Waals surface area (Å²) in [7, 11) is 0. The highest BCUT2D eigenvalue weighted by Gasteiger charge is 2.08. The predicted molar refractivity (Wildman–Crippen MR) is 89.1 cm³/mol. The van der Waals surface area contributed by atoms with Crippen LogP contribution in [-0.4, -0.2) is 16.1 Å². The zero-order valence-electron chi connectivity index (χ0n) is 11.0. The van der Waals surface area contributed by atoms with Crippen molar-refractivity contribution in [3.05, 3.63) is 45.2 Å². The number of benzene rings is 1. The van der Waals surface area contributed by atoms with Gasteiger partial charge in [-0.3, -0.25) is 10.1 Å². The Morgan fingerprint density at radius 1 is 1.29 bits per heavy atom. The molecule has 1 amide bonds. The van der Waals surface area contributed by atoms with E-state index in [4.69, 9.17) is 11.6 Å². The Balaban J connectivity index is 1.78. The normalized spacial score (nSPS) is 11.3. The Labute approximate surface area is 134 Å². The molecule has 4 nitrogen and oxygen atoms in total. The van der Waals surface area contributed by atoms with Crippen molar-refractivity contribution in [3.63, 3.8) is 0 Å². The first-order valence-corrected chi connectivity index (χ1v) is 8.11. The Bertz CT molecular complexity index is 838. The molecule has 21 heavy (non-hydrogen) atoms. The SMILES string of the molecule is Cc1nnc(NC(=O)/C=C/c2sc3ccccc3c2Cl)s1. The van der Waals surface area contributed by atoms with Crippen molar-refractivity contribution in [1.29, 1.82) is 0 Å². The molecule has 2 heterocycles. The molecule has 0 saturated heterocycles. The first kappa shape index (κ1) is 14.2. The molecule has 2 aromatic heterocycles. The molecule has 106 valence electrons. The second kappa shape index (κ2) is 5.93. The van der Waals surface area contributed by atoms with Gasteiger partial charge in [-0.2, -0.15) is 0 Å². The minimum Gasteiger partial charge on any atom is -0.297 e. The second-order valence-electron chi connectivity index (χ2n) is 4.23. The Kier molecular flexibility index (Phi) is 4.01. The van der Waals surface area contributed by atoms with E-state index in [1.54, 1.807) is 17.4 Å². The first-order chi connectivity index (χ1) is 10.1. The number of nitrogens with zero attached hydrogens (tertiary/aromatic N) is 2. The molecule has 0 saturated carbocycles. The number of halogens is 1. The number of hydrogen-bond donors (Lipinski definition) is 1. The molecule has 0 aliphatic carbocycles. The summed E-state index contributed by atoms with van der Waals surface area (Å²) < 4.78 is 1.10. The molecule has 3 aromatic rings. The fourth-order valence-electron chi connectivity index (χ4n) is 1.79. The van der Waals surface area contributed by atoms with Crippen molar-refractivity contribution in [2.45, 2.75) is 6.92 Å². The number of rotatable bonds is 3. The molecule has 0 aliphatic rings. The number of aromatic nitrogens is 2. The smallest absolute Gasteiger partial charge is 0.250 e. The predicted octanol–water partition coefficient (Wildman–Crippen LogP) is 4.37. The average molecular weight is 336 g/mol. The monoisotopic (exact) mass is 335 g/mol. The maximum atomic E-state index is 11.8. The molecule has 1 aromatic carbocycles. The molecular formula is C14H10ClN3OS2. The number of fused-ring (bicyclic) bond motifs is 1. The number of amides is 1. The van der Waals surface area contributed by atoms with Gasteiger partial charge in [0, 0.05) is 21.0 Å². The number of aryl methyl sites for hydroxylation is 1. The van der Waals surface area contributed by atoms with Gasteiger partial charge in [0.05, 0.1) is 5.02 Å². The van der Waals surface area contributed by atoms with Crippen molar-refractivity contribution in [2.24, 2.45) is 0 Å². The van der Waals surface area contributed by atoms with E-state index in [9.17, 15) is 4.79 Å². The summed E-state index contributed by atoms with van der Waals surface area (Å²) in [5.74, 6) is -0.250. The van der Waals surface area contributed by atoms with E-state index >= 15 is 0 Å². The van der Waals surface area contributed by atoms with Crippen LogP contribution in [0.25, 0.3) is 16.2 Å². The van der Waals surface area contributed by atoms with Gasteiger partial charge >= 0.3 is 0 Å². The van der Waals surface area contributed by atoms with Gasteiger partial charge in [0.1, 0.15) is 5.01 Å². The molecule has 1 N–H and O–H groups in total. The highest BCUT2D eigenvalue weighted by Crippen LogP contribution is 2.35. The molecule has 0 spiro atoms. The zero-order chi connectivity index (χ0) is 14.8. The average Bonchev–Trinajstić information content (AvgIpc) is 3.01. The first-order valence-electron chi connectivity index (χ1n) is 6.09. The summed E-state index contributed by atoms with van der Waals surface area (Å²) in [6, 6.07) is 7.88. The molecule has 0 fully saturated rings. The van der Waals surface area contributed by atoms with Crippen LogP contribution in [0.15, 0.2) is 30.3 Å². The van der Waals surface area contributed by atoms with Crippen molar-refractivity contribution in [1.82, 2.24) is 10.2 Å². The number of anilines is 1. The molecular weight excluding hydrogens is 326 g/mol. The van der Waals surface area contributed by atoms with Crippen molar-refractivity contribution in [3.8, 4) is 0 Å². The molecule has 0 radical (unpaired) electrons. The topological polar surface area (TPSA) is 54.9 Å². The molecule has 0 bridgehead atoms. The minimum absolute atomic E-state index is 0.250. The lowest BCUT2D eigenvalue weighted by atomic mass is 10.2. The van der Waals surface area contributed by atoms with Crippen molar-refractivity contribution >= 4 is 61.5 Å². The minimum atomic E-state index is -0.250. The standard InChI is InChI=1S/C14H10ClN3OS2/c1-8-17-18-14(20-8)16-12(19)7-6-11-13(15)9-4-2-3-5-10(9)21-11/h2-7H,1H3,(H,16,18,19)/b7-6+. The van der Waals surface area contributed by atoms with E-state index in [2.05, 4.69) is 15.5 Å². The lowest BCUT2D eigenvalue weighted by molar-refractivity contribution is -0.111. The maximum absolute atomic E-state index is 11.8. The lowest BCUT2D eigenvalue weighted by Crippen LogP contribution is -2.07. The number of hydrogen-bond acceptors (Lipinski definition) is 5. The van der Waals surface area contributed by atoms with Crippen molar-refractivity contribution < 1.29 is 4.79 Å². The molecule has 0 aliphatic heterocycles. The summed E-state index contributed by atoms with van der Waals surface area (Å²) >= 11 is 9.20. The third kappa shape index (κ3) is 3.12. The summed E-state index contributed by atoms with van der Waals surface area (Å²) in [5, 5.41) is 13.3. The summed E-state index contributed by atoms with van der Waals surface area (Å²) in [6.45, 7) is 1.83. The summed E-state index contributed by atoms with van der Waals surface area (Å²) in [5.41, 5.74) is 0.